The zero-order valence-electron chi connectivity index (χ0n) is 20.8. The third kappa shape index (κ3) is 5.83. The summed E-state index contributed by atoms with van der Waals surface area (Å²) in [6.45, 7) is 4.21. The van der Waals surface area contributed by atoms with Gasteiger partial charge in [0.1, 0.15) is 5.82 Å². The number of nitrogens with one attached hydrogen (secondary N) is 1. The molecule has 6 nitrogen and oxygen atoms in total. The number of carbonyl (C=O) groups excluding carboxylic acids is 1. The molecule has 3 aromatic carbocycles. The van der Waals surface area contributed by atoms with Gasteiger partial charge in [-0.1, -0.05) is 48.9 Å². The van der Waals surface area contributed by atoms with Gasteiger partial charge in [-0.15, -0.1) is 0 Å². The van der Waals surface area contributed by atoms with Gasteiger partial charge in [0, 0.05) is 23.8 Å². The van der Waals surface area contributed by atoms with Crippen LogP contribution in [-0.2, 0) is 19.3 Å². The minimum absolute atomic E-state index is 0.180. The predicted molar refractivity (Wildman–Crippen MR) is 142 cm³/mol. The van der Waals surface area contributed by atoms with Gasteiger partial charge in [0.2, 0.25) is 0 Å². The van der Waals surface area contributed by atoms with Gasteiger partial charge in [0.15, 0.2) is 0 Å². The molecule has 0 saturated carbocycles. The molecule has 2 amide bonds. The summed E-state index contributed by atoms with van der Waals surface area (Å²) in [5.41, 5.74) is 0.410. The number of hydrogen-bond acceptors (Lipinski definition) is 3. The molecule has 4 aromatic rings. The Kier molecular flexibility index (Phi) is 8.06. The predicted octanol–water partition coefficient (Wildman–Crippen LogP) is 7.27. The molecule has 0 bridgehead atoms. The molecule has 1 N–H and O–H groups in total. The summed E-state index contributed by atoms with van der Waals surface area (Å²) in [5, 5.41) is 3.55. The van der Waals surface area contributed by atoms with Gasteiger partial charge < -0.3 is 10.2 Å². The first-order chi connectivity index (χ1) is 18.1. The van der Waals surface area contributed by atoms with Gasteiger partial charge >= 0.3 is 12.2 Å². The maximum absolute atomic E-state index is 13.6. The normalized spacial score (nSPS) is 12.4. The summed E-state index contributed by atoms with van der Waals surface area (Å²) in [7, 11) is 0. The molecule has 1 atom stereocenters. The van der Waals surface area contributed by atoms with Crippen LogP contribution in [0.4, 0.5) is 23.7 Å². The maximum atomic E-state index is 13.6. The van der Waals surface area contributed by atoms with Crippen molar-refractivity contribution in [3.63, 3.8) is 0 Å². The number of amides is 2. The molecular weight excluding hydrogens is 517 g/mol. The molecule has 0 aliphatic rings. The third-order valence-electron chi connectivity index (χ3n) is 6.24. The second kappa shape index (κ2) is 11.3. The zero-order valence-corrected chi connectivity index (χ0v) is 21.6. The van der Waals surface area contributed by atoms with E-state index in [4.69, 9.17) is 16.6 Å². The topological polar surface area (TPSA) is 67.2 Å². The van der Waals surface area contributed by atoms with E-state index in [1.54, 1.807) is 18.2 Å². The Bertz CT molecular complexity index is 1490. The Morgan fingerprint density at radius 2 is 1.74 bits per heavy atom. The Labute approximate surface area is 222 Å². The second-order valence-electron chi connectivity index (χ2n) is 8.72. The van der Waals surface area contributed by atoms with Crippen LogP contribution in [0.2, 0.25) is 5.02 Å². The van der Waals surface area contributed by atoms with Crippen LogP contribution < -0.4 is 10.9 Å². The Morgan fingerprint density at radius 1 is 1.05 bits per heavy atom. The average molecular weight is 543 g/mol. The standard InChI is InChI=1S/C28H26ClF3N4O2/c1-3-24(25-34-23-16-20(29)12-15-22(23)26(37)35(25)4-2)36(17-18-8-6-5-7-9-18)27(38)33-21-13-10-19(11-14-21)28(30,31)32/h5-16,24H,3-4,17H2,1-2H3,(H,33,38). The zero-order chi connectivity index (χ0) is 27.4. The lowest BCUT2D eigenvalue weighted by Crippen LogP contribution is -2.40. The van der Waals surface area contributed by atoms with Crippen LogP contribution >= 0.6 is 11.6 Å². The molecule has 0 aliphatic heterocycles. The number of anilines is 1. The quantitative estimate of drug-likeness (QED) is 0.267. The molecule has 0 radical (unpaired) electrons. The molecule has 198 valence electrons. The van der Waals surface area contributed by atoms with Crippen molar-refractivity contribution >= 4 is 34.2 Å². The number of carbonyl (C=O) groups is 1. The van der Waals surface area contributed by atoms with Crippen molar-refractivity contribution < 1.29 is 18.0 Å². The van der Waals surface area contributed by atoms with Crippen LogP contribution in [0.1, 0.15) is 43.3 Å². The summed E-state index contributed by atoms with van der Waals surface area (Å²) < 4.78 is 40.5. The number of halogens is 4. The van der Waals surface area contributed by atoms with Crippen molar-refractivity contribution in [1.29, 1.82) is 0 Å². The van der Waals surface area contributed by atoms with E-state index in [2.05, 4.69) is 5.32 Å². The Morgan fingerprint density at radius 3 is 2.34 bits per heavy atom. The van der Waals surface area contributed by atoms with Crippen molar-refractivity contribution in [2.75, 3.05) is 5.32 Å². The minimum atomic E-state index is -4.48. The first-order valence-electron chi connectivity index (χ1n) is 12.1. The number of fused-ring (bicyclic) bond motifs is 1. The van der Waals surface area contributed by atoms with Gasteiger partial charge in [-0.2, -0.15) is 13.2 Å². The monoisotopic (exact) mass is 542 g/mol. The summed E-state index contributed by atoms with van der Waals surface area (Å²) in [5.74, 6) is 0.397. The van der Waals surface area contributed by atoms with Crippen molar-refractivity contribution in [3.05, 3.63) is 105 Å². The van der Waals surface area contributed by atoms with E-state index in [0.717, 1.165) is 17.7 Å². The molecule has 4 rings (SSSR count). The van der Waals surface area contributed by atoms with E-state index < -0.39 is 23.8 Å². The van der Waals surface area contributed by atoms with Gasteiger partial charge in [0.05, 0.1) is 22.5 Å². The van der Waals surface area contributed by atoms with Crippen LogP contribution in [0.5, 0.6) is 0 Å². The summed E-state index contributed by atoms with van der Waals surface area (Å²) >= 11 is 6.17. The number of aromatic nitrogens is 2. The van der Waals surface area contributed by atoms with Crippen LogP contribution in [0.3, 0.4) is 0 Å². The fourth-order valence-electron chi connectivity index (χ4n) is 4.36. The highest BCUT2D eigenvalue weighted by atomic mass is 35.5. The molecule has 1 heterocycles. The van der Waals surface area contributed by atoms with Gasteiger partial charge in [0.25, 0.3) is 5.56 Å². The van der Waals surface area contributed by atoms with E-state index in [1.165, 1.54) is 21.6 Å². The Balaban J connectivity index is 1.77. The van der Waals surface area contributed by atoms with Crippen LogP contribution in [0.15, 0.2) is 77.6 Å². The first-order valence-corrected chi connectivity index (χ1v) is 12.5. The van der Waals surface area contributed by atoms with Crippen molar-refractivity contribution in [1.82, 2.24) is 14.5 Å². The number of benzene rings is 3. The summed E-state index contributed by atoms with van der Waals surface area (Å²) in [6.07, 6.45) is -4.06. The number of urea groups is 1. The third-order valence-corrected chi connectivity index (χ3v) is 6.48. The van der Waals surface area contributed by atoms with Crippen molar-refractivity contribution in [2.45, 2.75) is 45.6 Å². The van der Waals surface area contributed by atoms with Crippen LogP contribution in [0, 0.1) is 0 Å². The minimum Gasteiger partial charge on any atom is -0.310 e. The van der Waals surface area contributed by atoms with E-state index in [1.807, 2.05) is 44.2 Å². The number of rotatable bonds is 7. The fraction of sp³-hybridized carbons (Fsp3) is 0.250. The van der Waals surface area contributed by atoms with E-state index in [9.17, 15) is 22.8 Å². The van der Waals surface area contributed by atoms with Crippen LogP contribution in [-0.4, -0.2) is 20.5 Å². The maximum Gasteiger partial charge on any atom is 0.416 e. The lowest BCUT2D eigenvalue weighted by Gasteiger charge is -2.32. The molecule has 0 saturated heterocycles. The molecular formula is C28H26ClF3N4O2. The lowest BCUT2D eigenvalue weighted by molar-refractivity contribution is -0.137. The largest absolute Gasteiger partial charge is 0.416 e. The second-order valence-corrected chi connectivity index (χ2v) is 9.16. The van der Waals surface area contributed by atoms with Crippen molar-refractivity contribution in [3.8, 4) is 0 Å². The van der Waals surface area contributed by atoms with E-state index in [-0.39, 0.29) is 17.8 Å². The molecule has 1 aromatic heterocycles. The molecule has 10 heteroatoms. The van der Waals surface area contributed by atoms with Crippen molar-refractivity contribution in [2.24, 2.45) is 0 Å². The number of nitrogens with zero attached hydrogens (tertiary/aromatic N) is 3. The fourth-order valence-corrected chi connectivity index (χ4v) is 4.52. The Hall–Kier alpha value is -3.85. The average Bonchev–Trinajstić information content (AvgIpc) is 2.89. The smallest absolute Gasteiger partial charge is 0.310 e. The molecule has 38 heavy (non-hydrogen) atoms. The number of hydrogen-bond donors (Lipinski definition) is 1. The summed E-state index contributed by atoms with van der Waals surface area (Å²) in [6, 6.07) is 17.2. The summed E-state index contributed by atoms with van der Waals surface area (Å²) in [4.78, 5) is 33.3. The SMILES string of the molecule is CCC(c1nc2cc(Cl)ccc2c(=O)n1CC)N(Cc1ccccc1)C(=O)Nc1ccc(C(F)(F)F)cc1. The molecule has 1 unspecified atom stereocenters. The highest BCUT2D eigenvalue weighted by Gasteiger charge is 2.31. The molecule has 0 aliphatic carbocycles. The van der Waals surface area contributed by atoms with E-state index in [0.29, 0.717) is 34.7 Å². The molecule has 0 fully saturated rings. The van der Waals surface area contributed by atoms with Crippen LogP contribution in [0.25, 0.3) is 10.9 Å². The molecule has 0 spiro atoms. The lowest BCUT2D eigenvalue weighted by atomic mass is 10.1. The van der Waals surface area contributed by atoms with Gasteiger partial charge in [-0.05, 0) is 61.4 Å². The van der Waals surface area contributed by atoms with Gasteiger partial charge in [-0.25, -0.2) is 9.78 Å². The van der Waals surface area contributed by atoms with Gasteiger partial charge in [-0.3, -0.25) is 9.36 Å². The highest BCUT2D eigenvalue weighted by Crippen LogP contribution is 2.31. The first kappa shape index (κ1) is 27.2. The highest BCUT2D eigenvalue weighted by molar-refractivity contribution is 6.31. The number of alkyl halides is 3. The van der Waals surface area contributed by atoms with E-state index >= 15 is 0 Å².